The van der Waals surface area contributed by atoms with Crippen molar-refractivity contribution in [3.8, 4) is 0 Å². The highest BCUT2D eigenvalue weighted by atomic mass is 16.5. The van der Waals surface area contributed by atoms with Gasteiger partial charge in [0, 0.05) is 12.6 Å². The normalized spacial score (nSPS) is 12.0. The van der Waals surface area contributed by atoms with Gasteiger partial charge in [-0.2, -0.15) is 0 Å². The standard InChI is InChI=1S/C18H27NO2/c1-13(2)17(16-8-6-15(5)7-9-16)12-18(20)19-10-11-21-14(3)4/h6-9,12-14H,10-11H2,1-5H3,(H,19,20)/b17-12+. The van der Waals surface area contributed by atoms with E-state index in [1.54, 1.807) is 6.08 Å². The van der Waals surface area contributed by atoms with Gasteiger partial charge in [-0.05, 0) is 37.8 Å². The van der Waals surface area contributed by atoms with Crippen molar-refractivity contribution in [3.05, 3.63) is 41.5 Å². The second-order valence-corrected chi connectivity index (χ2v) is 5.83. The van der Waals surface area contributed by atoms with Gasteiger partial charge in [-0.1, -0.05) is 43.7 Å². The fourth-order valence-corrected chi connectivity index (χ4v) is 1.99. The maximum absolute atomic E-state index is 12.0. The fraction of sp³-hybridized carbons (Fsp3) is 0.500. The molecule has 0 spiro atoms. The molecule has 1 aromatic rings. The van der Waals surface area contributed by atoms with Crippen LogP contribution in [-0.2, 0) is 9.53 Å². The Hall–Kier alpha value is -1.61. The van der Waals surface area contributed by atoms with Crippen LogP contribution in [0.3, 0.4) is 0 Å². The van der Waals surface area contributed by atoms with Crippen molar-refractivity contribution in [2.75, 3.05) is 13.2 Å². The molecule has 0 bridgehead atoms. The van der Waals surface area contributed by atoms with Crippen molar-refractivity contribution in [2.45, 2.75) is 40.7 Å². The first-order chi connectivity index (χ1) is 9.90. The Morgan fingerprint density at radius 3 is 2.33 bits per heavy atom. The zero-order chi connectivity index (χ0) is 15.8. The second kappa shape index (κ2) is 8.63. The van der Waals surface area contributed by atoms with E-state index in [1.165, 1.54) is 5.56 Å². The largest absolute Gasteiger partial charge is 0.377 e. The van der Waals surface area contributed by atoms with Gasteiger partial charge in [0.25, 0.3) is 0 Å². The van der Waals surface area contributed by atoms with Crippen LogP contribution in [0.4, 0.5) is 0 Å². The molecule has 0 fully saturated rings. The quantitative estimate of drug-likeness (QED) is 0.615. The molecule has 0 heterocycles. The molecule has 1 amide bonds. The number of hydrogen-bond acceptors (Lipinski definition) is 2. The van der Waals surface area contributed by atoms with E-state index in [4.69, 9.17) is 4.74 Å². The lowest BCUT2D eigenvalue weighted by molar-refractivity contribution is -0.116. The minimum Gasteiger partial charge on any atom is -0.377 e. The minimum absolute atomic E-state index is 0.0633. The zero-order valence-electron chi connectivity index (χ0n) is 13.8. The van der Waals surface area contributed by atoms with Gasteiger partial charge in [-0.15, -0.1) is 0 Å². The van der Waals surface area contributed by atoms with E-state index in [2.05, 4.69) is 50.4 Å². The van der Waals surface area contributed by atoms with Crippen LogP contribution in [0.5, 0.6) is 0 Å². The highest BCUT2D eigenvalue weighted by Crippen LogP contribution is 2.23. The summed E-state index contributed by atoms with van der Waals surface area (Å²) >= 11 is 0. The molecular weight excluding hydrogens is 262 g/mol. The minimum atomic E-state index is -0.0633. The van der Waals surface area contributed by atoms with E-state index in [-0.39, 0.29) is 12.0 Å². The van der Waals surface area contributed by atoms with Gasteiger partial charge in [0.1, 0.15) is 0 Å². The van der Waals surface area contributed by atoms with Crippen LogP contribution < -0.4 is 5.32 Å². The smallest absolute Gasteiger partial charge is 0.244 e. The number of hydrogen-bond donors (Lipinski definition) is 1. The summed E-state index contributed by atoms with van der Waals surface area (Å²) in [6.07, 6.45) is 1.89. The molecule has 0 unspecified atom stereocenters. The molecule has 1 rings (SSSR count). The van der Waals surface area contributed by atoms with Gasteiger partial charge < -0.3 is 10.1 Å². The number of carbonyl (C=O) groups is 1. The number of amides is 1. The highest BCUT2D eigenvalue weighted by Gasteiger charge is 2.09. The highest BCUT2D eigenvalue weighted by molar-refractivity contribution is 5.95. The number of ether oxygens (including phenoxy) is 1. The zero-order valence-corrected chi connectivity index (χ0v) is 13.8. The van der Waals surface area contributed by atoms with Crippen molar-refractivity contribution in [1.82, 2.24) is 5.32 Å². The molecule has 116 valence electrons. The summed E-state index contributed by atoms with van der Waals surface area (Å²) in [6, 6.07) is 8.27. The van der Waals surface area contributed by atoms with Crippen LogP contribution in [0.15, 0.2) is 30.3 Å². The Morgan fingerprint density at radius 1 is 1.19 bits per heavy atom. The molecule has 0 saturated carbocycles. The number of allylic oxidation sites excluding steroid dienone is 1. The summed E-state index contributed by atoms with van der Waals surface area (Å²) in [6.45, 7) is 11.3. The lowest BCUT2D eigenvalue weighted by Crippen LogP contribution is -2.26. The third-order valence-electron chi connectivity index (χ3n) is 3.15. The van der Waals surface area contributed by atoms with E-state index < -0.39 is 0 Å². The van der Waals surface area contributed by atoms with E-state index >= 15 is 0 Å². The Bertz CT molecular complexity index is 472. The van der Waals surface area contributed by atoms with E-state index in [0.717, 1.165) is 11.1 Å². The van der Waals surface area contributed by atoms with Crippen LogP contribution in [0.1, 0.15) is 38.8 Å². The molecule has 0 atom stereocenters. The monoisotopic (exact) mass is 289 g/mol. The van der Waals surface area contributed by atoms with Crippen molar-refractivity contribution in [2.24, 2.45) is 5.92 Å². The van der Waals surface area contributed by atoms with Crippen molar-refractivity contribution in [1.29, 1.82) is 0 Å². The molecule has 0 aromatic heterocycles. The van der Waals surface area contributed by atoms with Crippen LogP contribution in [0, 0.1) is 12.8 Å². The summed E-state index contributed by atoms with van der Waals surface area (Å²) in [5.41, 5.74) is 3.37. The number of nitrogens with one attached hydrogen (secondary N) is 1. The number of aryl methyl sites for hydroxylation is 1. The third kappa shape index (κ3) is 6.58. The summed E-state index contributed by atoms with van der Waals surface area (Å²) < 4.78 is 5.41. The van der Waals surface area contributed by atoms with E-state index in [0.29, 0.717) is 19.1 Å². The summed E-state index contributed by atoms with van der Waals surface area (Å²) in [5, 5.41) is 2.86. The second-order valence-electron chi connectivity index (χ2n) is 5.83. The van der Waals surface area contributed by atoms with Gasteiger partial charge in [0.2, 0.25) is 5.91 Å². The van der Waals surface area contributed by atoms with E-state index in [1.807, 2.05) is 13.8 Å². The number of rotatable bonds is 7. The topological polar surface area (TPSA) is 38.3 Å². The molecule has 21 heavy (non-hydrogen) atoms. The molecule has 0 radical (unpaired) electrons. The van der Waals surface area contributed by atoms with Crippen LogP contribution >= 0.6 is 0 Å². The predicted molar refractivity (Wildman–Crippen MR) is 88.1 cm³/mol. The summed E-state index contributed by atoms with van der Waals surface area (Å²) in [4.78, 5) is 12.0. The summed E-state index contributed by atoms with van der Waals surface area (Å²) in [7, 11) is 0. The average Bonchev–Trinajstić information content (AvgIpc) is 2.41. The Morgan fingerprint density at radius 2 is 1.81 bits per heavy atom. The Balaban J connectivity index is 2.67. The molecule has 1 N–H and O–H groups in total. The van der Waals surface area contributed by atoms with Gasteiger partial charge in [-0.25, -0.2) is 0 Å². The van der Waals surface area contributed by atoms with Crippen molar-refractivity contribution < 1.29 is 9.53 Å². The molecule has 0 aliphatic heterocycles. The first-order valence-corrected chi connectivity index (χ1v) is 7.58. The SMILES string of the molecule is Cc1ccc(/C(=C/C(=O)NCCOC(C)C)C(C)C)cc1. The van der Waals surface area contributed by atoms with Gasteiger partial charge in [0.05, 0.1) is 12.7 Å². The van der Waals surface area contributed by atoms with Crippen LogP contribution in [-0.4, -0.2) is 25.2 Å². The average molecular weight is 289 g/mol. The Kier molecular flexibility index (Phi) is 7.17. The Labute approximate surface area is 128 Å². The third-order valence-corrected chi connectivity index (χ3v) is 3.15. The van der Waals surface area contributed by atoms with Crippen LogP contribution in [0.25, 0.3) is 5.57 Å². The maximum atomic E-state index is 12.0. The first-order valence-electron chi connectivity index (χ1n) is 7.58. The maximum Gasteiger partial charge on any atom is 0.244 e. The predicted octanol–water partition coefficient (Wildman–Crippen LogP) is 3.58. The molecule has 0 aliphatic rings. The lowest BCUT2D eigenvalue weighted by Gasteiger charge is -2.13. The van der Waals surface area contributed by atoms with Gasteiger partial charge in [-0.3, -0.25) is 4.79 Å². The van der Waals surface area contributed by atoms with Crippen molar-refractivity contribution >= 4 is 11.5 Å². The lowest BCUT2D eigenvalue weighted by atomic mass is 9.94. The van der Waals surface area contributed by atoms with E-state index in [9.17, 15) is 4.79 Å². The number of benzene rings is 1. The molecular formula is C18H27NO2. The molecule has 3 heteroatoms. The fourth-order valence-electron chi connectivity index (χ4n) is 1.99. The van der Waals surface area contributed by atoms with Crippen molar-refractivity contribution in [3.63, 3.8) is 0 Å². The van der Waals surface area contributed by atoms with Gasteiger partial charge >= 0.3 is 0 Å². The molecule has 1 aromatic carbocycles. The first kappa shape index (κ1) is 17.4. The van der Waals surface area contributed by atoms with Crippen LogP contribution in [0.2, 0.25) is 0 Å². The number of carbonyl (C=O) groups excluding carboxylic acids is 1. The summed E-state index contributed by atoms with van der Waals surface area (Å²) in [5.74, 6) is 0.233. The molecule has 0 saturated heterocycles. The molecule has 0 aliphatic carbocycles. The molecule has 3 nitrogen and oxygen atoms in total. The van der Waals surface area contributed by atoms with Gasteiger partial charge in [0.15, 0.2) is 0 Å².